The molecule has 0 bridgehead atoms. The first-order chi connectivity index (χ1) is 13.8. The molecule has 2 atom stereocenters. The predicted octanol–water partition coefficient (Wildman–Crippen LogP) is 3.00. The van der Waals surface area contributed by atoms with Gasteiger partial charge in [0.25, 0.3) is 11.8 Å². The molecule has 0 saturated heterocycles. The molecule has 8 heteroatoms. The number of benzene rings is 1. The molecule has 0 aliphatic rings. The first kappa shape index (κ1) is 22.0. The van der Waals surface area contributed by atoms with Crippen LogP contribution < -0.4 is 16.2 Å². The maximum atomic E-state index is 12.6. The summed E-state index contributed by atoms with van der Waals surface area (Å²) in [5, 5.41) is 2.57. The summed E-state index contributed by atoms with van der Waals surface area (Å²) in [6, 6.07) is 9.95. The Hall–Kier alpha value is -3.29. The van der Waals surface area contributed by atoms with E-state index in [1.165, 1.54) is 0 Å². The van der Waals surface area contributed by atoms with E-state index in [0.29, 0.717) is 23.5 Å². The Morgan fingerprint density at radius 2 is 1.79 bits per heavy atom. The summed E-state index contributed by atoms with van der Waals surface area (Å²) in [5.74, 6) is -0.159. The van der Waals surface area contributed by atoms with Gasteiger partial charge in [0.1, 0.15) is 24.2 Å². The van der Waals surface area contributed by atoms with Crippen LogP contribution in [0, 0.1) is 19.8 Å². The fourth-order valence-corrected chi connectivity index (χ4v) is 2.71. The van der Waals surface area contributed by atoms with Crippen molar-refractivity contribution in [1.82, 2.24) is 16.2 Å². The normalized spacial score (nSPS) is 12.6. The second-order valence-corrected chi connectivity index (χ2v) is 6.84. The fraction of sp³-hybridized carbons (Fsp3) is 0.381. The molecule has 1 aromatic heterocycles. The molecule has 1 heterocycles. The zero-order valence-corrected chi connectivity index (χ0v) is 17.1. The fourth-order valence-electron chi connectivity index (χ4n) is 2.71. The Morgan fingerprint density at radius 1 is 1.10 bits per heavy atom. The quantitative estimate of drug-likeness (QED) is 0.618. The number of aryl methyl sites for hydroxylation is 2. The molecule has 29 heavy (non-hydrogen) atoms. The minimum atomic E-state index is -0.865. The van der Waals surface area contributed by atoms with E-state index < -0.39 is 23.9 Å². The lowest BCUT2D eigenvalue weighted by molar-refractivity contribution is -0.125. The Balaban J connectivity index is 1.92. The predicted molar refractivity (Wildman–Crippen MR) is 107 cm³/mol. The average molecular weight is 401 g/mol. The SMILES string of the molecule is CCC(C)C(NC(=O)OCc1ccccc1)C(=O)NNC(=O)c1cc(C)oc1C. The van der Waals surface area contributed by atoms with Gasteiger partial charge < -0.3 is 14.5 Å². The summed E-state index contributed by atoms with van der Waals surface area (Å²) >= 11 is 0. The lowest BCUT2D eigenvalue weighted by Crippen LogP contribution is -2.54. The van der Waals surface area contributed by atoms with Crippen LogP contribution in [0.2, 0.25) is 0 Å². The van der Waals surface area contributed by atoms with Gasteiger partial charge in [0.2, 0.25) is 0 Å². The third-order valence-corrected chi connectivity index (χ3v) is 4.57. The number of alkyl carbamates (subject to hydrolysis) is 1. The molecule has 3 N–H and O–H groups in total. The molecular weight excluding hydrogens is 374 g/mol. The Labute approximate surface area is 170 Å². The number of furan rings is 1. The highest BCUT2D eigenvalue weighted by molar-refractivity contribution is 5.97. The number of rotatable bonds is 7. The van der Waals surface area contributed by atoms with E-state index in [2.05, 4.69) is 16.2 Å². The van der Waals surface area contributed by atoms with E-state index in [-0.39, 0.29) is 12.5 Å². The van der Waals surface area contributed by atoms with Crippen LogP contribution in [0.1, 0.15) is 47.7 Å². The molecule has 0 radical (unpaired) electrons. The standard InChI is InChI=1S/C21H27N3O5/c1-5-13(2)18(22-21(27)28-12-16-9-7-6-8-10-16)20(26)24-23-19(25)17-11-14(3)29-15(17)4/h6-11,13,18H,5,12H2,1-4H3,(H,22,27)(H,23,25)(H,24,26). The molecule has 0 spiro atoms. The van der Waals surface area contributed by atoms with Crippen LogP contribution in [0.3, 0.4) is 0 Å². The number of hydrogen-bond donors (Lipinski definition) is 3. The van der Waals surface area contributed by atoms with Gasteiger partial charge in [0.15, 0.2) is 0 Å². The lowest BCUT2D eigenvalue weighted by Gasteiger charge is -2.23. The molecule has 2 rings (SSSR count). The first-order valence-corrected chi connectivity index (χ1v) is 9.46. The molecule has 0 fully saturated rings. The van der Waals surface area contributed by atoms with E-state index in [1.54, 1.807) is 19.9 Å². The number of ether oxygens (including phenoxy) is 1. The van der Waals surface area contributed by atoms with E-state index in [0.717, 1.165) is 5.56 Å². The van der Waals surface area contributed by atoms with Crippen molar-refractivity contribution < 1.29 is 23.5 Å². The van der Waals surface area contributed by atoms with Crippen molar-refractivity contribution in [2.24, 2.45) is 5.92 Å². The summed E-state index contributed by atoms with van der Waals surface area (Å²) in [6.07, 6.45) is -0.0627. The van der Waals surface area contributed by atoms with Crippen LogP contribution in [0.5, 0.6) is 0 Å². The highest BCUT2D eigenvalue weighted by Crippen LogP contribution is 2.13. The Kier molecular flexibility index (Phi) is 7.82. The molecular formula is C21H27N3O5. The zero-order chi connectivity index (χ0) is 21.4. The summed E-state index contributed by atoms with van der Waals surface area (Å²) in [6.45, 7) is 7.21. The Bertz CT molecular complexity index is 847. The number of nitrogens with one attached hydrogen (secondary N) is 3. The summed E-state index contributed by atoms with van der Waals surface area (Å²) in [5.41, 5.74) is 5.88. The molecule has 3 amide bonds. The third kappa shape index (κ3) is 6.38. The van der Waals surface area contributed by atoms with E-state index >= 15 is 0 Å². The molecule has 8 nitrogen and oxygen atoms in total. The van der Waals surface area contributed by atoms with Crippen molar-refractivity contribution in [3.05, 3.63) is 59.0 Å². The third-order valence-electron chi connectivity index (χ3n) is 4.57. The number of carbonyl (C=O) groups excluding carboxylic acids is 3. The average Bonchev–Trinajstić information content (AvgIpc) is 3.06. The topological polar surface area (TPSA) is 110 Å². The van der Waals surface area contributed by atoms with Crippen molar-refractivity contribution in [2.45, 2.75) is 46.8 Å². The van der Waals surface area contributed by atoms with E-state index in [4.69, 9.17) is 9.15 Å². The zero-order valence-electron chi connectivity index (χ0n) is 17.1. The maximum absolute atomic E-state index is 12.6. The minimum absolute atomic E-state index is 0.0946. The van der Waals surface area contributed by atoms with Crippen molar-refractivity contribution in [1.29, 1.82) is 0 Å². The maximum Gasteiger partial charge on any atom is 0.408 e. The summed E-state index contributed by atoms with van der Waals surface area (Å²) in [7, 11) is 0. The number of hydrogen-bond acceptors (Lipinski definition) is 5. The van der Waals surface area contributed by atoms with E-state index in [1.807, 2.05) is 44.2 Å². The molecule has 156 valence electrons. The minimum Gasteiger partial charge on any atom is -0.466 e. The molecule has 0 aliphatic heterocycles. The van der Waals surface area contributed by atoms with Gasteiger partial charge in [-0.2, -0.15) is 0 Å². The highest BCUT2D eigenvalue weighted by atomic mass is 16.5. The van der Waals surface area contributed by atoms with Crippen molar-refractivity contribution in [3.8, 4) is 0 Å². The molecule has 2 aromatic rings. The van der Waals surface area contributed by atoms with Gasteiger partial charge in [-0.05, 0) is 31.4 Å². The number of carbonyl (C=O) groups is 3. The summed E-state index contributed by atoms with van der Waals surface area (Å²) < 4.78 is 10.5. The van der Waals surface area contributed by atoms with Gasteiger partial charge in [0.05, 0.1) is 5.56 Å². The van der Waals surface area contributed by atoms with Crippen molar-refractivity contribution in [3.63, 3.8) is 0 Å². The van der Waals surface area contributed by atoms with Gasteiger partial charge in [-0.15, -0.1) is 0 Å². The number of amides is 3. The first-order valence-electron chi connectivity index (χ1n) is 9.46. The molecule has 0 saturated carbocycles. The number of hydrazine groups is 1. The van der Waals surface area contributed by atoms with Gasteiger partial charge in [-0.25, -0.2) is 4.79 Å². The molecule has 2 unspecified atom stereocenters. The lowest BCUT2D eigenvalue weighted by atomic mass is 9.99. The van der Waals surface area contributed by atoms with Crippen molar-refractivity contribution >= 4 is 17.9 Å². The van der Waals surface area contributed by atoms with Gasteiger partial charge in [-0.1, -0.05) is 50.6 Å². The Morgan fingerprint density at radius 3 is 2.38 bits per heavy atom. The van der Waals surface area contributed by atoms with Crippen LogP contribution in [0.25, 0.3) is 0 Å². The largest absolute Gasteiger partial charge is 0.466 e. The second kappa shape index (κ2) is 10.3. The van der Waals surface area contributed by atoms with Crippen LogP contribution in [-0.2, 0) is 16.1 Å². The van der Waals surface area contributed by atoms with Gasteiger partial charge in [-0.3, -0.25) is 20.4 Å². The van der Waals surface area contributed by atoms with Gasteiger partial charge in [0, 0.05) is 0 Å². The van der Waals surface area contributed by atoms with Crippen LogP contribution >= 0.6 is 0 Å². The summed E-state index contributed by atoms with van der Waals surface area (Å²) in [4.78, 5) is 36.9. The molecule has 0 aliphatic carbocycles. The van der Waals surface area contributed by atoms with E-state index in [9.17, 15) is 14.4 Å². The van der Waals surface area contributed by atoms with Crippen LogP contribution in [0.4, 0.5) is 4.79 Å². The highest BCUT2D eigenvalue weighted by Gasteiger charge is 2.27. The van der Waals surface area contributed by atoms with Gasteiger partial charge >= 0.3 is 6.09 Å². The van der Waals surface area contributed by atoms with Crippen LogP contribution in [-0.4, -0.2) is 23.9 Å². The smallest absolute Gasteiger partial charge is 0.408 e. The monoisotopic (exact) mass is 401 g/mol. The second-order valence-electron chi connectivity index (χ2n) is 6.84. The van der Waals surface area contributed by atoms with Crippen molar-refractivity contribution in [2.75, 3.05) is 0 Å². The van der Waals surface area contributed by atoms with Crippen LogP contribution in [0.15, 0.2) is 40.8 Å². The molecule has 1 aromatic carbocycles.